The number of carbonyl (C=O) groups excluding carboxylic acids is 1. The molecule has 1 atom stereocenters. The fourth-order valence-corrected chi connectivity index (χ4v) is 3.21. The molecule has 110 valence electrons. The lowest BCUT2D eigenvalue weighted by molar-refractivity contribution is -0.116. The first-order valence-electron chi connectivity index (χ1n) is 6.88. The van der Waals surface area contributed by atoms with E-state index in [0.717, 1.165) is 12.2 Å². The maximum Gasteiger partial charge on any atom is 0.240 e. The zero-order valence-electron chi connectivity index (χ0n) is 11.8. The summed E-state index contributed by atoms with van der Waals surface area (Å²) in [7, 11) is 0. The van der Waals surface area contributed by atoms with Crippen molar-refractivity contribution >= 4 is 23.4 Å². The quantitative estimate of drug-likeness (QED) is 0.756. The van der Waals surface area contributed by atoms with E-state index < -0.39 is 0 Å². The Hall–Kier alpha value is -1.07. The number of nitrogens with zero attached hydrogens (tertiary/aromatic N) is 1. The van der Waals surface area contributed by atoms with Crippen LogP contribution in [0.1, 0.15) is 20.3 Å². The number of hydrogen-bond acceptors (Lipinski definition) is 3. The predicted molar refractivity (Wildman–Crippen MR) is 80.7 cm³/mol. The van der Waals surface area contributed by atoms with Crippen LogP contribution in [-0.4, -0.2) is 36.2 Å². The van der Waals surface area contributed by atoms with Crippen molar-refractivity contribution < 1.29 is 13.9 Å². The average molecular weight is 297 g/mol. The Morgan fingerprint density at radius 1 is 1.45 bits per heavy atom. The average Bonchev–Trinajstić information content (AvgIpc) is 2.77. The SMILES string of the molecule is CC(C)OCCS[C@H]1CCN(c2ccccc2F)C1=O. The molecule has 1 aromatic carbocycles. The van der Waals surface area contributed by atoms with Crippen LogP contribution in [-0.2, 0) is 9.53 Å². The van der Waals surface area contributed by atoms with E-state index >= 15 is 0 Å². The van der Waals surface area contributed by atoms with Gasteiger partial charge < -0.3 is 9.64 Å². The van der Waals surface area contributed by atoms with Crippen molar-refractivity contribution in [3.05, 3.63) is 30.1 Å². The van der Waals surface area contributed by atoms with Crippen LogP contribution in [0.5, 0.6) is 0 Å². The molecule has 1 aliphatic heterocycles. The molecule has 1 saturated heterocycles. The van der Waals surface area contributed by atoms with Gasteiger partial charge in [0.2, 0.25) is 5.91 Å². The maximum absolute atomic E-state index is 13.7. The Morgan fingerprint density at radius 3 is 2.90 bits per heavy atom. The first kappa shape index (κ1) is 15.3. The number of ether oxygens (including phenoxy) is 1. The number of hydrogen-bond donors (Lipinski definition) is 0. The van der Waals surface area contributed by atoms with E-state index in [-0.39, 0.29) is 23.1 Å². The normalized spacial score (nSPS) is 19.1. The largest absolute Gasteiger partial charge is 0.378 e. The van der Waals surface area contributed by atoms with Gasteiger partial charge in [-0.3, -0.25) is 4.79 Å². The highest BCUT2D eigenvalue weighted by Gasteiger charge is 2.33. The number of para-hydroxylation sites is 1. The molecule has 3 nitrogen and oxygen atoms in total. The van der Waals surface area contributed by atoms with E-state index in [4.69, 9.17) is 4.74 Å². The minimum absolute atomic E-state index is 0.00430. The fraction of sp³-hybridized carbons (Fsp3) is 0.533. The number of rotatable bonds is 6. The van der Waals surface area contributed by atoms with Gasteiger partial charge in [-0.1, -0.05) is 12.1 Å². The summed E-state index contributed by atoms with van der Waals surface area (Å²) in [5.74, 6) is 0.457. The Bertz CT molecular complexity index is 467. The lowest BCUT2D eigenvalue weighted by atomic mass is 10.3. The van der Waals surface area contributed by atoms with Crippen molar-refractivity contribution in [2.75, 3.05) is 23.8 Å². The molecule has 1 amide bonds. The van der Waals surface area contributed by atoms with E-state index in [1.165, 1.54) is 6.07 Å². The lowest BCUT2D eigenvalue weighted by Crippen LogP contribution is -2.29. The van der Waals surface area contributed by atoms with Crippen LogP contribution in [0, 0.1) is 5.82 Å². The summed E-state index contributed by atoms with van der Waals surface area (Å²) < 4.78 is 19.2. The maximum atomic E-state index is 13.7. The molecule has 1 aliphatic rings. The van der Waals surface area contributed by atoms with Crippen molar-refractivity contribution in [1.29, 1.82) is 0 Å². The van der Waals surface area contributed by atoms with Gasteiger partial charge in [-0.25, -0.2) is 4.39 Å². The third-order valence-corrected chi connectivity index (χ3v) is 4.40. The second kappa shape index (κ2) is 7.09. The molecular formula is C15H20FNO2S. The summed E-state index contributed by atoms with van der Waals surface area (Å²) in [6, 6.07) is 6.43. The molecule has 0 aliphatic carbocycles. The molecule has 1 fully saturated rings. The van der Waals surface area contributed by atoms with E-state index in [9.17, 15) is 9.18 Å². The van der Waals surface area contributed by atoms with Crippen LogP contribution in [0.4, 0.5) is 10.1 Å². The van der Waals surface area contributed by atoms with E-state index in [2.05, 4.69) is 0 Å². The number of anilines is 1. The molecule has 1 heterocycles. The van der Waals surface area contributed by atoms with Crippen LogP contribution in [0.15, 0.2) is 24.3 Å². The molecule has 0 aromatic heterocycles. The van der Waals surface area contributed by atoms with Gasteiger partial charge in [-0.05, 0) is 32.4 Å². The first-order valence-corrected chi connectivity index (χ1v) is 7.93. The summed E-state index contributed by atoms with van der Waals surface area (Å²) in [4.78, 5) is 13.8. The highest BCUT2D eigenvalue weighted by molar-refractivity contribution is 8.00. The molecule has 20 heavy (non-hydrogen) atoms. The van der Waals surface area contributed by atoms with E-state index in [0.29, 0.717) is 18.8 Å². The zero-order valence-corrected chi connectivity index (χ0v) is 12.7. The third kappa shape index (κ3) is 3.73. The Balaban J connectivity index is 1.88. The van der Waals surface area contributed by atoms with E-state index in [1.54, 1.807) is 34.9 Å². The molecular weight excluding hydrogens is 277 g/mol. The molecule has 0 radical (unpaired) electrons. The van der Waals surface area contributed by atoms with Gasteiger partial charge in [0, 0.05) is 12.3 Å². The fourth-order valence-electron chi connectivity index (χ4n) is 2.19. The number of halogens is 1. The van der Waals surface area contributed by atoms with E-state index in [1.807, 2.05) is 13.8 Å². The third-order valence-electron chi connectivity index (χ3n) is 3.15. The molecule has 5 heteroatoms. The first-order chi connectivity index (χ1) is 9.59. The van der Waals surface area contributed by atoms with Crippen LogP contribution in [0.2, 0.25) is 0 Å². The standard InChI is InChI=1S/C15H20FNO2S/c1-11(2)19-9-10-20-14-7-8-17(15(14)18)13-6-4-3-5-12(13)16/h3-6,11,14H,7-10H2,1-2H3/t14-/m0/s1. The summed E-state index contributed by atoms with van der Waals surface area (Å²) >= 11 is 1.60. The second-order valence-corrected chi connectivity index (χ2v) is 6.32. The Morgan fingerprint density at radius 2 is 2.20 bits per heavy atom. The number of amides is 1. The van der Waals surface area contributed by atoms with Crippen LogP contribution in [0.25, 0.3) is 0 Å². The predicted octanol–water partition coefficient (Wildman–Crippen LogP) is 3.09. The highest BCUT2D eigenvalue weighted by Crippen LogP contribution is 2.29. The summed E-state index contributed by atoms with van der Waals surface area (Å²) in [5, 5.41) is -0.0784. The molecule has 1 aromatic rings. The number of thioether (sulfide) groups is 1. The second-order valence-electron chi connectivity index (χ2n) is 5.01. The Labute approximate surface area is 123 Å². The van der Waals surface area contributed by atoms with Gasteiger partial charge in [0.15, 0.2) is 0 Å². The molecule has 0 bridgehead atoms. The van der Waals surface area contributed by atoms with Gasteiger partial charge in [-0.15, -0.1) is 11.8 Å². The molecule has 2 rings (SSSR count). The van der Waals surface area contributed by atoms with Crippen LogP contribution >= 0.6 is 11.8 Å². The molecule has 0 N–H and O–H groups in total. The number of benzene rings is 1. The molecule has 0 saturated carbocycles. The minimum atomic E-state index is -0.338. The molecule has 0 spiro atoms. The van der Waals surface area contributed by atoms with Gasteiger partial charge in [0.05, 0.1) is 23.6 Å². The van der Waals surface area contributed by atoms with Crippen molar-refractivity contribution in [3.63, 3.8) is 0 Å². The van der Waals surface area contributed by atoms with Gasteiger partial charge in [0.1, 0.15) is 5.82 Å². The number of carbonyl (C=O) groups is 1. The smallest absolute Gasteiger partial charge is 0.240 e. The minimum Gasteiger partial charge on any atom is -0.378 e. The monoisotopic (exact) mass is 297 g/mol. The lowest BCUT2D eigenvalue weighted by Gasteiger charge is -2.17. The summed E-state index contributed by atoms with van der Waals surface area (Å²) in [5.41, 5.74) is 0.388. The van der Waals surface area contributed by atoms with Gasteiger partial charge >= 0.3 is 0 Å². The van der Waals surface area contributed by atoms with Crippen LogP contribution in [0.3, 0.4) is 0 Å². The van der Waals surface area contributed by atoms with Crippen LogP contribution < -0.4 is 4.90 Å². The van der Waals surface area contributed by atoms with Crippen molar-refractivity contribution in [2.24, 2.45) is 0 Å². The Kier molecular flexibility index (Phi) is 5.43. The van der Waals surface area contributed by atoms with Crippen molar-refractivity contribution in [3.8, 4) is 0 Å². The van der Waals surface area contributed by atoms with Gasteiger partial charge in [0.25, 0.3) is 0 Å². The van der Waals surface area contributed by atoms with Gasteiger partial charge in [-0.2, -0.15) is 0 Å². The summed E-state index contributed by atoms with van der Waals surface area (Å²) in [6.07, 6.45) is 0.976. The van der Waals surface area contributed by atoms with Crippen molar-refractivity contribution in [2.45, 2.75) is 31.6 Å². The molecule has 0 unspecified atom stereocenters. The topological polar surface area (TPSA) is 29.5 Å². The summed E-state index contributed by atoms with van der Waals surface area (Å²) in [6.45, 7) is 5.21. The zero-order chi connectivity index (χ0) is 14.5. The highest BCUT2D eigenvalue weighted by atomic mass is 32.2. The van der Waals surface area contributed by atoms with Crippen molar-refractivity contribution in [1.82, 2.24) is 0 Å².